The van der Waals surface area contributed by atoms with E-state index in [4.69, 9.17) is 16.3 Å². The van der Waals surface area contributed by atoms with Gasteiger partial charge in [-0.25, -0.2) is 0 Å². The van der Waals surface area contributed by atoms with Gasteiger partial charge in [-0.2, -0.15) is 4.98 Å². The van der Waals surface area contributed by atoms with E-state index in [0.717, 1.165) is 23.8 Å². The Morgan fingerprint density at radius 3 is 2.67 bits per heavy atom. The lowest BCUT2D eigenvalue weighted by Gasteiger charge is -2.46. The van der Waals surface area contributed by atoms with Gasteiger partial charge in [0.1, 0.15) is 5.82 Å². The Morgan fingerprint density at radius 2 is 2.20 bits per heavy atom. The van der Waals surface area contributed by atoms with Crippen LogP contribution in [0, 0.1) is 5.41 Å². The number of hydrogen-bond donors (Lipinski definition) is 0. The zero-order valence-electron chi connectivity index (χ0n) is 9.21. The highest BCUT2D eigenvalue weighted by atomic mass is 35.5. The number of rotatable bonds is 3. The molecule has 2 rings (SSSR count). The third kappa shape index (κ3) is 2.06. The van der Waals surface area contributed by atoms with Gasteiger partial charge in [-0.3, -0.25) is 0 Å². The molecule has 0 N–H and O–H groups in total. The number of thiazole rings is 1. The van der Waals surface area contributed by atoms with Gasteiger partial charge in [-0.1, -0.05) is 25.2 Å². The van der Waals surface area contributed by atoms with E-state index in [2.05, 4.69) is 23.7 Å². The maximum absolute atomic E-state index is 5.89. The summed E-state index contributed by atoms with van der Waals surface area (Å²) in [6.07, 6.45) is 0. The molecule has 84 valence electrons. The molecule has 0 atom stereocenters. The number of anilines is 1. The highest BCUT2D eigenvalue weighted by molar-refractivity contribution is 7.14. The van der Waals surface area contributed by atoms with Crippen LogP contribution in [0.2, 0.25) is 0 Å². The van der Waals surface area contributed by atoms with E-state index >= 15 is 0 Å². The Kier molecular flexibility index (Phi) is 2.81. The van der Waals surface area contributed by atoms with Gasteiger partial charge in [-0.05, 0) is 5.41 Å². The maximum Gasteiger partial charge on any atom is 0.275 e. The minimum atomic E-state index is 0.403. The van der Waals surface area contributed by atoms with Gasteiger partial charge in [-0.15, -0.1) is 11.6 Å². The molecule has 2 heterocycles. The number of nitrogens with zero attached hydrogens (tertiary/aromatic N) is 2. The SMILES string of the molecule is COc1nc(N2CC(C)(C)C2)c(CCl)s1. The van der Waals surface area contributed by atoms with Crippen molar-refractivity contribution >= 4 is 28.8 Å². The quantitative estimate of drug-likeness (QED) is 0.767. The molecule has 0 amide bonds. The third-order valence-corrected chi connectivity index (χ3v) is 3.92. The normalized spacial score (nSPS) is 18.8. The van der Waals surface area contributed by atoms with Crippen molar-refractivity contribution in [3.05, 3.63) is 4.88 Å². The first-order chi connectivity index (χ1) is 7.05. The molecule has 0 radical (unpaired) electrons. The first kappa shape index (κ1) is 11.0. The van der Waals surface area contributed by atoms with Gasteiger partial charge in [0.25, 0.3) is 5.19 Å². The zero-order chi connectivity index (χ0) is 11.1. The van der Waals surface area contributed by atoms with Crippen molar-refractivity contribution < 1.29 is 4.74 Å². The monoisotopic (exact) mass is 246 g/mol. The van der Waals surface area contributed by atoms with Crippen LogP contribution < -0.4 is 9.64 Å². The fourth-order valence-corrected chi connectivity index (χ4v) is 2.91. The molecule has 1 saturated heterocycles. The van der Waals surface area contributed by atoms with Crippen LogP contribution in [-0.4, -0.2) is 25.2 Å². The van der Waals surface area contributed by atoms with Crippen molar-refractivity contribution in [1.82, 2.24) is 4.98 Å². The first-order valence-corrected chi connectivity index (χ1v) is 6.25. The number of ether oxygens (including phenoxy) is 1. The lowest BCUT2D eigenvalue weighted by atomic mass is 9.84. The van der Waals surface area contributed by atoms with E-state index in [1.54, 1.807) is 7.11 Å². The van der Waals surface area contributed by atoms with Crippen molar-refractivity contribution in [2.24, 2.45) is 5.41 Å². The van der Waals surface area contributed by atoms with Gasteiger partial charge >= 0.3 is 0 Å². The van der Waals surface area contributed by atoms with Crippen molar-refractivity contribution in [3.63, 3.8) is 0 Å². The fraction of sp³-hybridized carbons (Fsp3) is 0.700. The van der Waals surface area contributed by atoms with Gasteiger partial charge < -0.3 is 9.64 Å². The van der Waals surface area contributed by atoms with Gasteiger partial charge in [0.15, 0.2) is 0 Å². The smallest absolute Gasteiger partial charge is 0.275 e. The lowest BCUT2D eigenvalue weighted by molar-refractivity contribution is 0.274. The Hall–Kier alpha value is -0.480. The second-order valence-electron chi connectivity index (χ2n) is 4.58. The predicted molar refractivity (Wildman–Crippen MR) is 64.2 cm³/mol. The van der Waals surface area contributed by atoms with Crippen LogP contribution in [0.1, 0.15) is 18.7 Å². The highest BCUT2D eigenvalue weighted by Gasteiger charge is 2.36. The molecule has 0 aliphatic carbocycles. The zero-order valence-corrected chi connectivity index (χ0v) is 10.8. The van der Waals surface area contributed by atoms with E-state index in [0.29, 0.717) is 16.5 Å². The molecule has 0 unspecified atom stereocenters. The van der Waals surface area contributed by atoms with E-state index < -0.39 is 0 Å². The van der Waals surface area contributed by atoms with Crippen LogP contribution in [0.5, 0.6) is 5.19 Å². The molecule has 0 spiro atoms. The number of aromatic nitrogens is 1. The molecule has 1 aliphatic heterocycles. The van der Waals surface area contributed by atoms with Crippen LogP contribution in [-0.2, 0) is 5.88 Å². The lowest BCUT2D eigenvalue weighted by Crippen LogP contribution is -2.53. The van der Waals surface area contributed by atoms with E-state index in [9.17, 15) is 0 Å². The summed E-state index contributed by atoms with van der Waals surface area (Å²) in [6.45, 7) is 6.61. The Balaban J connectivity index is 2.17. The third-order valence-electron chi connectivity index (χ3n) is 2.49. The predicted octanol–water partition coefficient (Wildman–Crippen LogP) is 2.74. The van der Waals surface area contributed by atoms with Crippen LogP contribution >= 0.6 is 22.9 Å². The molecular weight excluding hydrogens is 232 g/mol. The Bertz CT molecular complexity index is 356. The van der Waals surface area contributed by atoms with Crippen LogP contribution in [0.3, 0.4) is 0 Å². The Labute approximate surface area is 99.0 Å². The summed E-state index contributed by atoms with van der Waals surface area (Å²) in [6, 6.07) is 0. The summed E-state index contributed by atoms with van der Waals surface area (Å²) >= 11 is 7.42. The molecule has 1 fully saturated rings. The molecule has 0 bridgehead atoms. The number of hydrogen-bond acceptors (Lipinski definition) is 4. The average Bonchev–Trinajstić information content (AvgIpc) is 2.56. The number of halogens is 1. The van der Waals surface area contributed by atoms with Crippen molar-refractivity contribution in [2.45, 2.75) is 19.7 Å². The average molecular weight is 247 g/mol. The van der Waals surface area contributed by atoms with Gasteiger partial charge in [0.05, 0.1) is 17.9 Å². The minimum absolute atomic E-state index is 0.403. The summed E-state index contributed by atoms with van der Waals surface area (Å²) in [5.41, 5.74) is 0.403. The molecule has 3 nitrogen and oxygen atoms in total. The number of methoxy groups -OCH3 is 1. The highest BCUT2D eigenvalue weighted by Crippen LogP contribution is 2.39. The molecule has 5 heteroatoms. The molecular formula is C10H15ClN2OS. The van der Waals surface area contributed by atoms with E-state index in [1.165, 1.54) is 11.3 Å². The topological polar surface area (TPSA) is 25.4 Å². The summed E-state index contributed by atoms with van der Waals surface area (Å²) < 4.78 is 5.13. The molecule has 0 saturated carbocycles. The molecule has 1 aliphatic rings. The van der Waals surface area contributed by atoms with E-state index in [-0.39, 0.29) is 0 Å². The van der Waals surface area contributed by atoms with Crippen LogP contribution in [0.4, 0.5) is 5.82 Å². The minimum Gasteiger partial charge on any atom is -0.473 e. The van der Waals surface area contributed by atoms with Crippen molar-refractivity contribution in [1.29, 1.82) is 0 Å². The van der Waals surface area contributed by atoms with Crippen molar-refractivity contribution in [3.8, 4) is 5.19 Å². The summed E-state index contributed by atoms with van der Waals surface area (Å²) in [5, 5.41) is 0.699. The largest absolute Gasteiger partial charge is 0.473 e. The fourth-order valence-electron chi connectivity index (χ4n) is 1.88. The van der Waals surface area contributed by atoms with Crippen LogP contribution in [0.15, 0.2) is 0 Å². The molecule has 1 aromatic rings. The molecule has 1 aromatic heterocycles. The van der Waals surface area contributed by atoms with E-state index in [1.807, 2.05) is 0 Å². The summed E-state index contributed by atoms with van der Waals surface area (Å²) in [7, 11) is 1.64. The van der Waals surface area contributed by atoms with Gasteiger partial charge in [0, 0.05) is 13.1 Å². The molecule has 0 aromatic carbocycles. The first-order valence-electron chi connectivity index (χ1n) is 4.90. The molecule has 15 heavy (non-hydrogen) atoms. The summed E-state index contributed by atoms with van der Waals surface area (Å²) in [4.78, 5) is 7.79. The number of alkyl halides is 1. The Morgan fingerprint density at radius 1 is 1.53 bits per heavy atom. The van der Waals surface area contributed by atoms with Crippen LogP contribution in [0.25, 0.3) is 0 Å². The standard InChI is InChI=1S/C10H15ClN2OS/c1-10(2)5-13(6-10)8-7(4-11)15-9(12-8)14-3/h4-6H2,1-3H3. The maximum atomic E-state index is 5.89. The van der Waals surface area contributed by atoms with Crippen molar-refractivity contribution in [2.75, 3.05) is 25.1 Å². The van der Waals surface area contributed by atoms with Gasteiger partial charge in [0.2, 0.25) is 0 Å². The summed E-state index contributed by atoms with van der Waals surface area (Å²) in [5.74, 6) is 1.51. The second-order valence-corrected chi connectivity index (χ2v) is 5.90. The second kappa shape index (κ2) is 3.83.